The van der Waals surface area contributed by atoms with E-state index in [2.05, 4.69) is 55.6 Å². The second-order valence-electron chi connectivity index (χ2n) is 24.9. The second kappa shape index (κ2) is 69.6. The molecule has 0 aliphatic heterocycles. The maximum absolute atomic E-state index is 12.5. The molecule has 0 radical (unpaired) electrons. The number of hydrogen-bond acceptors (Lipinski definition) is 5. The Hall–Kier alpha value is -1.92. The first-order chi connectivity index (χ1) is 39.5. The third-order valence-corrected chi connectivity index (χ3v) is 16.9. The number of esters is 1. The highest BCUT2D eigenvalue weighted by molar-refractivity contribution is 5.76. The zero-order chi connectivity index (χ0) is 57.8. The summed E-state index contributed by atoms with van der Waals surface area (Å²) in [6.45, 7) is 4.92. The Morgan fingerprint density at radius 2 is 0.650 bits per heavy atom. The van der Waals surface area contributed by atoms with Gasteiger partial charge in [0.1, 0.15) is 0 Å². The first kappa shape index (κ1) is 78.1. The molecule has 1 amide bonds. The summed E-state index contributed by atoms with van der Waals surface area (Å²) in [5.41, 5.74) is 0. The topological polar surface area (TPSA) is 95.9 Å². The van der Waals surface area contributed by atoms with E-state index in [9.17, 15) is 19.8 Å². The van der Waals surface area contributed by atoms with Gasteiger partial charge >= 0.3 is 5.97 Å². The summed E-state index contributed by atoms with van der Waals surface area (Å²) in [4.78, 5) is 24.6. The van der Waals surface area contributed by atoms with Crippen molar-refractivity contribution in [2.75, 3.05) is 13.2 Å². The van der Waals surface area contributed by atoms with E-state index in [1.807, 2.05) is 0 Å². The van der Waals surface area contributed by atoms with E-state index < -0.39 is 12.1 Å². The minimum Gasteiger partial charge on any atom is -0.466 e. The van der Waals surface area contributed by atoms with Crippen molar-refractivity contribution in [3.05, 3.63) is 36.5 Å². The van der Waals surface area contributed by atoms with Gasteiger partial charge < -0.3 is 20.3 Å². The molecule has 0 fully saturated rings. The number of amides is 1. The van der Waals surface area contributed by atoms with E-state index >= 15 is 0 Å². The monoisotopic (exact) mass is 1120 g/mol. The first-order valence-corrected chi connectivity index (χ1v) is 36.2. The normalized spacial score (nSPS) is 12.7. The summed E-state index contributed by atoms with van der Waals surface area (Å²) >= 11 is 0. The van der Waals surface area contributed by atoms with Gasteiger partial charge in [-0.1, -0.05) is 346 Å². The number of nitrogens with one attached hydrogen (secondary N) is 1. The molecule has 0 aliphatic rings. The number of aliphatic hydroxyl groups is 2. The molecule has 6 nitrogen and oxygen atoms in total. The van der Waals surface area contributed by atoms with Crippen molar-refractivity contribution in [3.63, 3.8) is 0 Å². The SMILES string of the molecule is CCC/C=C\C/C=C\CCCCCCCC(=O)OCCCCCCCCCCCCCC/C=C\CCCCCCCCCCCCCCCCCCCC(=O)NC(CO)C(O)CCCCCCCCCCCCCCCCCCC. The molecule has 0 spiro atoms. The Morgan fingerprint density at radius 3 is 1.01 bits per heavy atom. The van der Waals surface area contributed by atoms with Gasteiger partial charge in [-0.25, -0.2) is 0 Å². The zero-order valence-corrected chi connectivity index (χ0v) is 54.1. The van der Waals surface area contributed by atoms with Crippen molar-refractivity contribution < 1.29 is 24.5 Å². The molecule has 472 valence electrons. The van der Waals surface area contributed by atoms with Crippen molar-refractivity contribution in [1.29, 1.82) is 0 Å². The molecule has 2 unspecified atom stereocenters. The number of hydrogen-bond donors (Lipinski definition) is 3. The van der Waals surface area contributed by atoms with E-state index in [4.69, 9.17) is 4.74 Å². The zero-order valence-electron chi connectivity index (χ0n) is 54.1. The number of rotatable bonds is 68. The van der Waals surface area contributed by atoms with Crippen molar-refractivity contribution in [1.82, 2.24) is 5.32 Å². The molecule has 2 atom stereocenters. The predicted octanol–water partition coefficient (Wildman–Crippen LogP) is 23.5. The molecular weight excluding hydrogens is 983 g/mol. The van der Waals surface area contributed by atoms with Gasteiger partial charge in [0.05, 0.1) is 25.4 Å². The molecule has 80 heavy (non-hydrogen) atoms. The third-order valence-electron chi connectivity index (χ3n) is 16.9. The van der Waals surface area contributed by atoms with E-state index in [0.29, 0.717) is 25.9 Å². The standard InChI is InChI=1S/C74H141NO5/c1-3-5-7-9-11-13-15-17-18-36-39-43-46-50-54-58-62-66-72(77)71(70-76)75-73(78)67-63-59-55-51-47-44-40-37-34-32-30-28-26-24-22-20-19-21-23-25-27-29-31-33-35-38-41-45-49-53-57-61-65-69-80-74(79)68-64-60-56-52-48-42-16-14-12-10-8-6-4-2/h8,10,14,16,23,25,71-72,76-77H,3-7,9,11-13,15,17-22,24,26-70H2,1-2H3,(H,75,78)/b10-8-,16-14-,25-23-. The fourth-order valence-electron chi connectivity index (χ4n) is 11.4. The smallest absolute Gasteiger partial charge is 0.305 e. The molecule has 0 aromatic heterocycles. The van der Waals surface area contributed by atoms with Crippen LogP contribution < -0.4 is 5.32 Å². The van der Waals surface area contributed by atoms with Crippen LogP contribution in [0.25, 0.3) is 0 Å². The highest BCUT2D eigenvalue weighted by atomic mass is 16.5. The van der Waals surface area contributed by atoms with Crippen LogP contribution in [0.15, 0.2) is 36.5 Å². The van der Waals surface area contributed by atoms with Crippen molar-refractivity contribution in [2.24, 2.45) is 0 Å². The maximum Gasteiger partial charge on any atom is 0.305 e. The summed E-state index contributed by atoms with van der Waals surface area (Å²) in [7, 11) is 0. The molecule has 0 aliphatic carbocycles. The van der Waals surface area contributed by atoms with Gasteiger partial charge in [-0.15, -0.1) is 0 Å². The van der Waals surface area contributed by atoms with Crippen LogP contribution in [-0.4, -0.2) is 47.4 Å². The van der Waals surface area contributed by atoms with Crippen LogP contribution >= 0.6 is 0 Å². The molecule has 0 saturated heterocycles. The Morgan fingerprint density at radius 1 is 0.350 bits per heavy atom. The number of allylic oxidation sites excluding steroid dienone is 6. The third kappa shape index (κ3) is 65.2. The number of carbonyl (C=O) groups is 2. The lowest BCUT2D eigenvalue weighted by molar-refractivity contribution is -0.143. The molecule has 6 heteroatoms. The molecule has 0 heterocycles. The number of unbranched alkanes of at least 4 members (excludes halogenated alkanes) is 51. The van der Waals surface area contributed by atoms with Crippen LogP contribution in [0.5, 0.6) is 0 Å². The number of ether oxygens (including phenoxy) is 1. The van der Waals surface area contributed by atoms with Crippen molar-refractivity contribution in [3.8, 4) is 0 Å². The highest BCUT2D eigenvalue weighted by Gasteiger charge is 2.20. The van der Waals surface area contributed by atoms with Gasteiger partial charge in [0.2, 0.25) is 5.91 Å². The van der Waals surface area contributed by atoms with Crippen LogP contribution in [0.2, 0.25) is 0 Å². The van der Waals surface area contributed by atoms with Crippen LogP contribution in [0.4, 0.5) is 0 Å². The minimum atomic E-state index is -0.662. The van der Waals surface area contributed by atoms with E-state index in [1.54, 1.807) is 0 Å². The average molecular weight is 1120 g/mol. The van der Waals surface area contributed by atoms with Gasteiger partial charge in [-0.05, 0) is 77.0 Å². The quantitative estimate of drug-likeness (QED) is 0.0320. The Labute approximate surface area is 500 Å². The number of aliphatic hydroxyl groups excluding tert-OH is 2. The van der Waals surface area contributed by atoms with E-state index in [-0.39, 0.29) is 18.5 Å². The summed E-state index contributed by atoms with van der Waals surface area (Å²) in [6, 6.07) is -0.539. The lowest BCUT2D eigenvalue weighted by Gasteiger charge is -2.22. The molecule has 0 saturated carbocycles. The minimum absolute atomic E-state index is 0.00360. The molecule has 0 aromatic rings. The van der Waals surface area contributed by atoms with Gasteiger partial charge in [0.15, 0.2) is 0 Å². The lowest BCUT2D eigenvalue weighted by Crippen LogP contribution is -2.45. The van der Waals surface area contributed by atoms with Gasteiger partial charge in [-0.2, -0.15) is 0 Å². The van der Waals surface area contributed by atoms with E-state index in [0.717, 1.165) is 51.4 Å². The lowest BCUT2D eigenvalue weighted by atomic mass is 10.0. The first-order valence-electron chi connectivity index (χ1n) is 36.2. The van der Waals surface area contributed by atoms with Crippen LogP contribution in [0.1, 0.15) is 399 Å². The van der Waals surface area contributed by atoms with Crippen molar-refractivity contribution in [2.45, 2.75) is 411 Å². The summed E-state index contributed by atoms with van der Waals surface area (Å²) in [5, 5.41) is 23.4. The molecular formula is C74H141NO5. The van der Waals surface area contributed by atoms with Crippen LogP contribution in [-0.2, 0) is 14.3 Å². The maximum atomic E-state index is 12.5. The fourth-order valence-corrected chi connectivity index (χ4v) is 11.4. The predicted molar refractivity (Wildman–Crippen MR) is 352 cm³/mol. The Kier molecular flexibility index (Phi) is 67.9. The van der Waals surface area contributed by atoms with Crippen molar-refractivity contribution >= 4 is 11.9 Å². The summed E-state index contributed by atoms with van der Waals surface area (Å²) < 4.78 is 5.48. The highest BCUT2D eigenvalue weighted by Crippen LogP contribution is 2.19. The molecule has 3 N–H and O–H groups in total. The van der Waals surface area contributed by atoms with Gasteiger partial charge in [-0.3, -0.25) is 9.59 Å². The van der Waals surface area contributed by atoms with Crippen LogP contribution in [0, 0.1) is 0 Å². The average Bonchev–Trinajstić information content (AvgIpc) is 3.46. The largest absolute Gasteiger partial charge is 0.466 e. The Balaban J connectivity index is 3.35. The van der Waals surface area contributed by atoms with Gasteiger partial charge in [0.25, 0.3) is 0 Å². The van der Waals surface area contributed by atoms with Gasteiger partial charge in [0, 0.05) is 12.8 Å². The van der Waals surface area contributed by atoms with E-state index in [1.165, 1.54) is 315 Å². The second-order valence-corrected chi connectivity index (χ2v) is 24.9. The Bertz CT molecular complexity index is 1300. The van der Waals surface area contributed by atoms with Crippen LogP contribution in [0.3, 0.4) is 0 Å². The molecule has 0 bridgehead atoms. The number of carbonyl (C=O) groups excluding carboxylic acids is 2. The summed E-state index contributed by atoms with van der Waals surface area (Å²) in [5.74, 6) is -0.0249. The molecule has 0 rings (SSSR count). The summed E-state index contributed by atoms with van der Waals surface area (Å²) in [6.07, 6.45) is 89.2. The fraction of sp³-hybridized carbons (Fsp3) is 0.892. The molecule has 0 aromatic carbocycles.